The maximum absolute atomic E-state index is 9.18. The SMILES string of the molecule is C[Si](C)(C)CC#CCCC(CCO)c1ccccc1. The van der Waals surface area contributed by atoms with Crippen molar-refractivity contribution < 1.29 is 5.11 Å². The molecule has 0 spiro atoms. The van der Waals surface area contributed by atoms with E-state index in [-0.39, 0.29) is 6.61 Å². The molecule has 1 aromatic carbocycles. The Bertz CT molecular complexity index is 408. The number of rotatable bonds is 6. The largest absolute Gasteiger partial charge is 0.396 e. The number of hydrogen-bond donors (Lipinski definition) is 1. The zero-order chi connectivity index (χ0) is 14.1. The summed E-state index contributed by atoms with van der Waals surface area (Å²) in [7, 11) is -1.03. The smallest absolute Gasteiger partial charge is 0.0573 e. The standard InChI is InChI=1S/C17H26OSi/c1-19(2,3)15-9-5-8-12-17(13-14-18)16-10-6-4-7-11-16/h4,6-7,10-11,17-18H,8,12-15H2,1-3H3. The summed E-state index contributed by atoms with van der Waals surface area (Å²) >= 11 is 0. The molecule has 0 heterocycles. The molecule has 1 rings (SSSR count). The second-order valence-corrected chi connectivity index (χ2v) is 11.7. The van der Waals surface area contributed by atoms with E-state index in [0.717, 1.165) is 25.3 Å². The van der Waals surface area contributed by atoms with E-state index >= 15 is 0 Å². The monoisotopic (exact) mass is 274 g/mol. The average Bonchev–Trinajstić information content (AvgIpc) is 2.37. The highest BCUT2D eigenvalue weighted by molar-refractivity contribution is 6.76. The van der Waals surface area contributed by atoms with Crippen LogP contribution >= 0.6 is 0 Å². The first-order valence-electron chi connectivity index (χ1n) is 7.14. The number of benzene rings is 1. The molecular weight excluding hydrogens is 248 g/mol. The van der Waals surface area contributed by atoms with Crippen molar-refractivity contribution in [1.29, 1.82) is 0 Å². The van der Waals surface area contributed by atoms with Gasteiger partial charge in [0.15, 0.2) is 0 Å². The van der Waals surface area contributed by atoms with Gasteiger partial charge in [0, 0.05) is 19.1 Å². The van der Waals surface area contributed by atoms with E-state index in [1.807, 2.05) is 6.07 Å². The van der Waals surface area contributed by atoms with Crippen LogP contribution in [-0.4, -0.2) is 19.8 Å². The van der Waals surface area contributed by atoms with Crippen LogP contribution in [0.5, 0.6) is 0 Å². The minimum atomic E-state index is -1.03. The van der Waals surface area contributed by atoms with E-state index in [9.17, 15) is 5.11 Å². The third kappa shape index (κ3) is 7.20. The molecule has 1 N–H and O–H groups in total. The van der Waals surface area contributed by atoms with Gasteiger partial charge < -0.3 is 5.11 Å². The zero-order valence-electron chi connectivity index (χ0n) is 12.4. The van der Waals surface area contributed by atoms with E-state index in [4.69, 9.17) is 0 Å². The Morgan fingerprint density at radius 2 is 1.74 bits per heavy atom. The molecule has 104 valence electrons. The van der Waals surface area contributed by atoms with Crippen molar-refractivity contribution in [1.82, 2.24) is 0 Å². The molecule has 0 aliphatic rings. The molecule has 0 radical (unpaired) electrons. The molecule has 0 saturated heterocycles. The van der Waals surface area contributed by atoms with Crippen LogP contribution in [-0.2, 0) is 0 Å². The average molecular weight is 274 g/mol. The van der Waals surface area contributed by atoms with Gasteiger partial charge in [-0.2, -0.15) is 0 Å². The van der Waals surface area contributed by atoms with Gasteiger partial charge in [-0.1, -0.05) is 50.0 Å². The number of hydrogen-bond acceptors (Lipinski definition) is 1. The van der Waals surface area contributed by atoms with Gasteiger partial charge in [-0.05, 0) is 24.3 Å². The van der Waals surface area contributed by atoms with Gasteiger partial charge in [0.2, 0.25) is 0 Å². The highest BCUT2D eigenvalue weighted by Crippen LogP contribution is 2.24. The summed E-state index contributed by atoms with van der Waals surface area (Å²) in [6.07, 6.45) is 2.81. The maximum Gasteiger partial charge on any atom is 0.0573 e. The first kappa shape index (κ1) is 16.0. The Kier molecular flexibility index (Phi) is 6.90. The molecule has 1 atom stereocenters. The molecule has 0 saturated carbocycles. The maximum atomic E-state index is 9.18. The molecule has 1 nitrogen and oxygen atoms in total. The van der Waals surface area contributed by atoms with Gasteiger partial charge in [0.1, 0.15) is 0 Å². The van der Waals surface area contributed by atoms with E-state index in [1.165, 1.54) is 5.56 Å². The Balaban J connectivity index is 2.47. The molecule has 1 unspecified atom stereocenters. The molecule has 0 aliphatic carbocycles. The molecule has 0 amide bonds. The molecule has 0 aromatic heterocycles. The van der Waals surface area contributed by atoms with Crippen molar-refractivity contribution in [2.45, 2.75) is 50.9 Å². The molecule has 1 aromatic rings. The predicted octanol–water partition coefficient (Wildman–Crippen LogP) is 4.27. The van der Waals surface area contributed by atoms with Crippen LogP contribution in [0.25, 0.3) is 0 Å². The Morgan fingerprint density at radius 3 is 2.32 bits per heavy atom. The third-order valence-electron chi connectivity index (χ3n) is 3.11. The van der Waals surface area contributed by atoms with Crippen LogP contribution in [0.15, 0.2) is 30.3 Å². The van der Waals surface area contributed by atoms with Gasteiger partial charge in [-0.25, -0.2) is 0 Å². The minimum absolute atomic E-state index is 0.252. The van der Waals surface area contributed by atoms with Crippen molar-refractivity contribution in [2.24, 2.45) is 0 Å². The van der Waals surface area contributed by atoms with Crippen molar-refractivity contribution in [3.05, 3.63) is 35.9 Å². The fourth-order valence-electron chi connectivity index (χ4n) is 2.02. The second kappa shape index (κ2) is 8.19. The third-order valence-corrected chi connectivity index (χ3v) is 4.35. The minimum Gasteiger partial charge on any atom is -0.396 e. The van der Waals surface area contributed by atoms with Gasteiger partial charge >= 0.3 is 0 Å². The quantitative estimate of drug-likeness (QED) is 0.606. The van der Waals surface area contributed by atoms with E-state index in [0.29, 0.717) is 5.92 Å². The normalized spacial score (nSPS) is 12.6. The van der Waals surface area contributed by atoms with Crippen LogP contribution < -0.4 is 0 Å². The molecule has 2 heteroatoms. The van der Waals surface area contributed by atoms with Crippen LogP contribution in [0.2, 0.25) is 25.7 Å². The van der Waals surface area contributed by atoms with Gasteiger partial charge in [-0.3, -0.25) is 0 Å². The van der Waals surface area contributed by atoms with Crippen molar-refractivity contribution >= 4 is 8.07 Å². The first-order valence-corrected chi connectivity index (χ1v) is 10.8. The Morgan fingerprint density at radius 1 is 1.05 bits per heavy atom. The topological polar surface area (TPSA) is 20.2 Å². The van der Waals surface area contributed by atoms with E-state index < -0.39 is 8.07 Å². The molecule has 19 heavy (non-hydrogen) atoms. The highest BCUT2D eigenvalue weighted by Gasteiger charge is 2.11. The lowest BCUT2D eigenvalue weighted by Gasteiger charge is -2.14. The van der Waals surface area contributed by atoms with E-state index in [1.54, 1.807) is 0 Å². The van der Waals surface area contributed by atoms with Crippen molar-refractivity contribution in [3.8, 4) is 11.8 Å². The lowest BCUT2D eigenvalue weighted by atomic mass is 9.92. The summed E-state index contributed by atoms with van der Waals surface area (Å²) < 4.78 is 0. The van der Waals surface area contributed by atoms with Crippen LogP contribution in [0.4, 0.5) is 0 Å². The summed E-state index contributed by atoms with van der Waals surface area (Å²) in [5, 5.41) is 9.18. The van der Waals surface area contributed by atoms with Crippen LogP contribution in [0, 0.1) is 11.8 Å². The van der Waals surface area contributed by atoms with E-state index in [2.05, 4.69) is 55.7 Å². The van der Waals surface area contributed by atoms with Gasteiger partial charge in [-0.15, -0.1) is 11.8 Å². The second-order valence-electron chi connectivity index (χ2n) is 6.25. The van der Waals surface area contributed by atoms with Gasteiger partial charge in [0.25, 0.3) is 0 Å². The fraction of sp³-hybridized carbons (Fsp3) is 0.529. The molecule has 0 fully saturated rings. The van der Waals surface area contributed by atoms with Crippen molar-refractivity contribution in [3.63, 3.8) is 0 Å². The molecule has 0 bridgehead atoms. The first-order chi connectivity index (χ1) is 9.03. The Hall–Kier alpha value is -1.04. The number of aliphatic hydroxyl groups excluding tert-OH is 1. The van der Waals surface area contributed by atoms with Crippen LogP contribution in [0.1, 0.15) is 30.7 Å². The van der Waals surface area contributed by atoms with Crippen LogP contribution in [0.3, 0.4) is 0 Å². The predicted molar refractivity (Wildman–Crippen MR) is 86.0 cm³/mol. The summed E-state index contributed by atoms with van der Waals surface area (Å²) in [6.45, 7) is 7.29. The summed E-state index contributed by atoms with van der Waals surface area (Å²) in [5.41, 5.74) is 1.32. The lowest BCUT2D eigenvalue weighted by molar-refractivity contribution is 0.273. The lowest BCUT2D eigenvalue weighted by Crippen LogP contribution is -2.17. The fourth-order valence-corrected chi connectivity index (χ4v) is 2.68. The molecular formula is C17H26OSi. The summed E-state index contributed by atoms with van der Waals surface area (Å²) in [6, 6.07) is 11.6. The highest BCUT2D eigenvalue weighted by atomic mass is 28.3. The molecule has 0 aliphatic heterocycles. The number of aliphatic hydroxyl groups is 1. The summed E-state index contributed by atoms with van der Waals surface area (Å²) in [4.78, 5) is 0. The summed E-state index contributed by atoms with van der Waals surface area (Å²) in [5.74, 6) is 7.06. The Labute approximate surface area is 119 Å². The zero-order valence-corrected chi connectivity index (χ0v) is 13.4. The van der Waals surface area contributed by atoms with Crippen molar-refractivity contribution in [2.75, 3.05) is 6.61 Å². The van der Waals surface area contributed by atoms with Gasteiger partial charge in [0.05, 0.1) is 8.07 Å².